The van der Waals surface area contributed by atoms with Crippen molar-refractivity contribution in [2.45, 2.75) is 71.6 Å². The van der Waals surface area contributed by atoms with Crippen molar-refractivity contribution in [1.82, 2.24) is 0 Å². The van der Waals surface area contributed by atoms with Crippen molar-refractivity contribution in [3.63, 3.8) is 0 Å². The van der Waals surface area contributed by atoms with Gasteiger partial charge in [-0.25, -0.2) is 4.39 Å². The van der Waals surface area contributed by atoms with Gasteiger partial charge in [0, 0.05) is 22.1 Å². The summed E-state index contributed by atoms with van der Waals surface area (Å²) in [5.74, 6) is 6.34. The fourth-order valence-electron chi connectivity index (χ4n) is 4.68. The Balaban J connectivity index is 1.46. The highest BCUT2D eigenvalue weighted by Crippen LogP contribution is 2.30. The van der Waals surface area contributed by atoms with Gasteiger partial charge in [0.15, 0.2) is 0 Å². The molecule has 4 aromatic carbocycles. The molecule has 0 aromatic heterocycles. The molecule has 0 bridgehead atoms. The van der Waals surface area contributed by atoms with E-state index >= 15 is 4.39 Å². The highest BCUT2D eigenvalue weighted by atomic mass is 19.1. The van der Waals surface area contributed by atoms with Crippen LogP contribution < -0.4 is 0 Å². The maximum Gasteiger partial charge on any atom is 0.138 e. The largest absolute Gasteiger partial charge is 0.206 e. The van der Waals surface area contributed by atoms with Crippen LogP contribution in [0.4, 0.5) is 4.39 Å². The van der Waals surface area contributed by atoms with Gasteiger partial charge in [-0.15, -0.1) is 0 Å². The molecule has 0 amide bonds. The van der Waals surface area contributed by atoms with Gasteiger partial charge in [0.1, 0.15) is 5.82 Å². The summed E-state index contributed by atoms with van der Waals surface area (Å²) in [6.07, 6.45) is 11.0. The average Bonchev–Trinajstić information content (AvgIpc) is 2.91. The first-order valence-corrected chi connectivity index (χ1v) is 13.6. The smallest absolute Gasteiger partial charge is 0.138 e. The zero-order valence-corrected chi connectivity index (χ0v) is 21.7. The van der Waals surface area contributed by atoms with Crippen LogP contribution >= 0.6 is 0 Å². The monoisotopic (exact) mass is 476 g/mol. The molecule has 0 aliphatic rings. The van der Waals surface area contributed by atoms with Gasteiger partial charge in [0.05, 0.1) is 0 Å². The van der Waals surface area contributed by atoms with Crippen LogP contribution in [-0.4, -0.2) is 0 Å². The molecule has 184 valence electrons. The first-order chi connectivity index (χ1) is 17.7. The summed E-state index contributed by atoms with van der Waals surface area (Å²) in [5, 5.41) is 1.51. The lowest BCUT2D eigenvalue weighted by molar-refractivity contribution is 0.643. The molecule has 0 atom stereocenters. The van der Waals surface area contributed by atoms with Crippen LogP contribution in [0.1, 0.15) is 81.0 Å². The van der Waals surface area contributed by atoms with Crippen LogP contribution in [0.3, 0.4) is 0 Å². The number of fused-ring (bicyclic) bond motifs is 1. The number of halogens is 1. The fourth-order valence-corrected chi connectivity index (χ4v) is 4.68. The molecule has 0 aliphatic carbocycles. The molecular formula is C35H37F. The average molecular weight is 477 g/mol. The molecular weight excluding hydrogens is 439 g/mol. The van der Waals surface area contributed by atoms with Crippen molar-refractivity contribution in [2.75, 3.05) is 0 Å². The van der Waals surface area contributed by atoms with Crippen molar-refractivity contribution >= 4 is 10.8 Å². The third-order valence-electron chi connectivity index (χ3n) is 6.91. The number of hydrogen-bond donors (Lipinski definition) is 0. The lowest BCUT2D eigenvalue weighted by atomic mass is 9.97. The Bertz CT molecular complexity index is 1320. The SMILES string of the molecule is CCCCCCc1ccc(-c2ccc3cc(C#Cc4ccc(CCCCC)cc4)ccc3c2F)cc1. The Labute approximate surface area is 216 Å². The Morgan fingerprint density at radius 3 is 1.86 bits per heavy atom. The lowest BCUT2D eigenvalue weighted by Gasteiger charge is -2.09. The summed E-state index contributed by atoms with van der Waals surface area (Å²) >= 11 is 0. The Kier molecular flexibility index (Phi) is 9.34. The lowest BCUT2D eigenvalue weighted by Crippen LogP contribution is -1.90. The van der Waals surface area contributed by atoms with Gasteiger partial charge in [-0.1, -0.05) is 112 Å². The van der Waals surface area contributed by atoms with Crippen LogP contribution in [0, 0.1) is 17.7 Å². The Hall–Kier alpha value is -3.37. The fraction of sp³-hybridized carbons (Fsp3) is 0.314. The highest BCUT2D eigenvalue weighted by Gasteiger charge is 2.10. The van der Waals surface area contributed by atoms with E-state index in [4.69, 9.17) is 0 Å². The second-order valence-corrected chi connectivity index (χ2v) is 9.77. The van der Waals surface area contributed by atoms with Gasteiger partial charge in [-0.05, 0) is 72.0 Å². The van der Waals surface area contributed by atoms with E-state index in [0.29, 0.717) is 10.9 Å². The topological polar surface area (TPSA) is 0 Å². The second kappa shape index (κ2) is 13.1. The van der Waals surface area contributed by atoms with Gasteiger partial charge < -0.3 is 0 Å². The van der Waals surface area contributed by atoms with Crippen molar-refractivity contribution in [3.8, 4) is 23.0 Å². The van der Waals surface area contributed by atoms with Crippen LogP contribution in [0.15, 0.2) is 78.9 Å². The number of benzene rings is 4. The summed E-state index contributed by atoms with van der Waals surface area (Å²) in [6, 6.07) is 26.6. The second-order valence-electron chi connectivity index (χ2n) is 9.77. The summed E-state index contributed by atoms with van der Waals surface area (Å²) in [6.45, 7) is 4.46. The standard InChI is InChI=1S/C35H37F/c1-3-5-7-9-11-28-18-21-31(22-19-28)33-25-23-32-26-30(20-24-34(32)35(33)36)17-16-29-14-12-27(13-15-29)10-8-6-4-2/h12-15,18-26H,3-11H2,1-2H3. The van der Waals surface area contributed by atoms with Crippen molar-refractivity contribution in [2.24, 2.45) is 0 Å². The first-order valence-electron chi connectivity index (χ1n) is 13.6. The van der Waals surface area contributed by atoms with E-state index in [1.54, 1.807) is 0 Å². The molecule has 0 nitrogen and oxygen atoms in total. The third-order valence-corrected chi connectivity index (χ3v) is 6.91. The molecule has 0 aliphatic heterocycles. The molecule has 0 spiro atoms. The van der Waals surface area contributed by atoms with Crippen molar-refractivity contribution in [1.29, 1.82) is 0 Å². The molecule has 0 heterocycles. The first kappa shape index (κ1) is 25.7. The maximum absolute atomic E-state index is 15.4. The van der Waals surface area contributed by atoms with E-state index < -0.39 is 0 Å². The minimum absolute atomic E-state index is 0.165. The molecule has 0 saturated carbocycles. The van der Waals surface area contributed by atoms with Gasteiger partial charge in [-0.3, -0.25) is 0 Å². The van der Waals surface area contributed by atoms with Crippen LogP contribution in [0.2, 0.25) is 0 Å². The molecule has 0 N–H and O–H groups in total. The molecule has 36 heavy (non-hydrogen) atoms. The van der Waals surface area contributed by atoms with E-state index in [-0.39, 0.29) is 5.82 Å². The van der Waals surface area contributed by atoms with Crippen molar-refractivity contribution < 1.29 is 4.39 Å². The molecule has 0 saturated heterocycles. The van der Waals surface area contributed by atoms with Crippen LogP contribution in [0.25, 0.3) is 21.9 Å². The minimum atomic E-state index is -0.165. The van der Waals surface area contributed by atoms with E-state index in [9.17, 15) is 0 Å². The van der Waals surface area contributed by atoms with E-state index in [1.165, 1.54) is 56.1 Å². The van der Waals surface area contributed by atoms with Gasteiger partial charge in [0.2, 0.25) is 0 Å². The Morgan fingerprint density at radius 2 is 1.17 bits per heavy atom. The molecule has 0 radical (unpaired) electrons. The van der Waals surface area contributed by atoms with E-state index in [2.05, 4.69) is 62.1 Å². The predicted molar refractivity (Wildman–Crippen MR) is 153 cm³/mol. The van der Waals surface area contributed by atoms with Gasteiger partial charge >= 0.3 is 0 Å². The molecule has 0 fully saturated rings. The molecule has 4 aromatic rings. The Morgan fingerprint density at radius 1 is 0.583 bits per heavy atom. The number of aryl methyl sites for hydroxylation is 2. The third kappa shape index (κ3) is 6.86. The normalized spacial score (nSPS) is 10.9. The quantitative estimate of drug-likeness (QED) is 0.158. The zero-order chi connectivity index (χ0) is 25.2. The summed E-state index contributed by atoms with van der Waals surface area (Å²) < 4.78 is 15.4. The van der Waals surface area contributed by atoms with Crippen molar-refractivity contribution in [3.05, 3.63) is 107 Å². The highest BCUT2D eigenvalue weighted by molar-refractivity contribution is 5.89. The zero-order valence-electron chi connectivity index (χ0n) is 21.7. The van der Waals surface area contributed by atoms with Crippen LogP contribution in [-0.2, 0) is 12.8 Å². The number of unbranched alkanes of at least 4 members (excludes halogenated alkanes) is 5. The molecule has 0 unspecified atom stereocenters. The predicted octanol–water partition coefficient (Wildman–Crippen LogP) is 9.90. The summed E-state index contributed by atoms with van der Waals surface area (Å²) in [7, 11) is 0. The summed E-state index contributed by atoms with van der Waals surface area (Å²) in [5.41, 5.74) is 6.17. The maximum atomic E-state index is 15.4. The van der Waals surface area contributed by atoms with E-state index in [0.717, 1.165) is 34.9 Å². The minimum Gasteiger partial charge on any atom is -0.206 e. The van der Waals surface area contributed by atoms with Crippen LogP contribution in [0.5, 0.6) is 0 Å². The van der Waals surface area contributed by atoms with E-state index in [1.807, 2.05) is 42.5 Å². The summed E-state index contributed by atoms with van der Waals surface area (Å²) in [4.78, 5) is 0. The molecule has 4 rings (SSSR count). The number of hydrogen-bond acceptors (Lipinski definition) is 0. The van der Waals surface area contributed by atoms with Gasteiger partial charge in [0.25, 0.3) is 0 Å². The molecule has 1 heteroatoms. The van der Waals surface area contributed by atoms with Gasteiger partial charge in [-0.2, -0.15) is 0 Å². The number of rotatable bonds is 10.